The molecular weight excluding hydrogens is 246 g/mol. The average Bonchev–Trinajstić information content (AvgIpc) is 2.40. The molecule has 1 aromatic carbocycles. The van der Waals surface area contributed by atoms with Crippen LogP contribution in [0.25, 0.3) is 0 Å². The minimum absolute atomic E-state index is 0.168. The normalized spacial score (nSPS) is 15.9. The summed E-state index contributed by atoms with van der Waals surface area (Å²) in [6.45, 7) is 0. The van der Waals surface area contributed by atoms with Crippen molar-refractivity contribution in [3.63, 3.8) is 0 Å². The Kier molecular flexibility index (Phi) is 3.89. The molecule has 0 fully saturated rings. The van der Waals surface area contributed by atoms with Crippen molar-refractivity contribution in [1.82, 2.24) is 4.98 Å². The Bertz CT molecular complexity index is 489. The van der Waals surface area contributed by atoms with Gasteiger partial charge in [-0.3, -0.25) is 9.19 Å². The Morgan fingerprint density at radius 2 is 1.67 bits per heavy atom. The van der Waals surface area contributed by atoms with E-state index in [0.29, 0.717) is 5.56 Å². The smallest absolute Gasteiger partial charge is 0.126 e. The zero-order valence-electron chi connectivity index (χ0n) is 10.1. The highest BCUT2D eigenvalue weighted by molar-refractivity contribution is 7.84. The van der Waals surface area contributed by atoms with E-state index in [0.717, 1.165) is 5.56 Å². The number of hydrogen-bond donors (Lipinski definition) is 1. The molecule has 0 amide bonds. The molecule has 0 spiro atoms. The van der Waals surface area contributed by atoms with Crippen LogP contribution in [0.1, 0.15) is 11.1 Å². The molecule has 0 bridgehead atoms. The fourth-order valence-corrected chi connectivity index (χ4v) is 2.89. The molecule has 2 rings (SSSR count). The van der Waals surface area contributed by atoms with E-state index in [1.165, 1.54) is 0 Å². The maximum atomic E-state index is 11.5. The molecule has 0 saturated heterocycles. The first-order valence-electron chi connectivity index (χ1n) is 5.61. The van der Waals surface area contributed by atoms with Crippen LogP contribution in [0, 0.1) is 0 Å². The first-order chi connectivity index (χ1) is 8.63. The molecule has 2 atom stereocenters. The van der Waals surface area contributed by atoms with Gasteiger partial charge in [-0.25, -0.2) is 0 Å². The number of nitrogens with zero attached hydrogens (tertiary/aromatic N) is 1. The molecular formula is C14H15NO2S. The van der Waals surface area contributed by atoms with E-state index in [2.05, 4.69) is 4.98 Å². The van der Waals surface area contributed by atoms with Crippen LogP contribution < -0.4 is 0 Å². The molecule has 1 heterocycles. The minimum atomic E-state index is -1.23. The van der Waals surface area contributed by atoms with Crippen LogP contribution in [0.15, 0.2) is 54.9 Å². The van der Waals surface area contributed by atoms with Gasteiger partial charge in [0.15, 0.2) is 0 Å². The van der Waals surface area contributed by atoms with Crippen molar-refractivity contribution in [2.24, 2.45) is 0 Å². The molecule has 0 saturated carbocycles. The topological polar surface area (TPSA) is 50.2 Å². The Hall–Kier alpha value is -1.52. The monoisotopic (exact) mass is 261 g/mol. The van der Waals surface area contributed by atoms with Crippen molar-refractivity contribution in [2.45, 2.75) is 5.60 Å². The lowest BCUT2D eigenvalue weighted by Gasteiger charge is -2.28. The molecule has 0 aliphatic rings. The van der Waals surface area contributed by atoms with Crippen molar-refractivity contribution in [3.05, 3.63) is 66.0 Å². The lowest BCUT2D eigenvalue weighted by molar-refractivity contribution is 0.106. The summed E-state index contributed by atoms with van der Waals surface area (Å²) >= 11 is 0. The van der Waals surface area contributed by atoms with Gasteiger partial charge in [-0.2, -0.15) is 0 Å². The van der Waals surface area contributed by atoms with Gasteiger partial charge in [-0.05, 0) is 23.3 Å². The van der Waals surface area contributed by atoms with Crippen LogP contribution in [0.5, 0.6) is 0 Å². The van der Waals surface area contributed by atoms with E-state index in [4.69, 9.17) is 0 Å². The lowest BCUT2D eigenvalue weighted by Crippen LogP contribution is -2.33. The molecule has 0 radical (unpaired) electrons. The van der Waals surface area contributed by atoms with Crippen LogP contribution in [0.4, 0.5) is 0 Å². The largest absolute Gasteiger partial charge is 0.379 e. The van der Waals surface area contributed by atoms with Crippen molar-refractivity contribution in [3.8, 4) is 0 Å². The van der Waals surface area contributed by atoms with Gasteiger partial charge >= 0.3 is 0 Å². The Labute approximate surface area is 109 Å². The summed E-state index contributed by atoms with van der Waals surface area (Å²) in [5, 5.41) is 10.9. The number of aliphatic hydroxyl groups is 1. The molecule has 1 aromatic heterocycles. The summed E-state index contributed by atoms with van der Waals surface area (Å²) in [7, 11) is -1.11. The third kappa shape index (κ3) is 2.66. The zero-order chi connectivity index (χ0) is 13.0. The summed E-state index contributed by atoms with van der Waals surface area (Å²) in [4.78, 5) is 3.94. The molecule has 4 heteroatoms. The highest BCUT2D eigenvalue weighted by Crippen LogP contribution is 2.29. The Morgan fingerprint density at radius 1 is 1.11 bits per heavy atom. The van der Waals surface area contributed by atoms with Gasteiger partial charge in [0.05, 0.1) is 5.75 Å². The van der Waals surface area contributed by atoms with Crippen molar-refractivity contribution >= 4 is 10.8 Å². The summed E-state index contributed by atoms with van der Waals surface area (Å²) in [5.74, 6) is 0.168. The fourth-order valence-electron chi connectivity index (χ4n) is 1.97. The Balaban J connectivity index is 2.51. The van der Waals surface area contributed by atoms with E-state index in [9.17, 15) is 9.32 Å². The third-order valence-corrected chi connectivity index (χ3v) is 3.65. The van der Waals surface area contributed by atoms with Crippen molar-refractivity contribution < 1.29 is 9.32 Å². The number of pyridine rings is 1. The molecule has 0 aliphatic carbocycles. The third-order valence-electron chi connectivity index (χ3n) is 2.82. The molecule has 2 unspecified atom stereocenters. The van der Waals surface area contributed by atoms with Crippen LogP contribution in [0.3, 0.4) is 0 Å². The van der Waals surface area contributed by atoms with E-state index in [-0.39, 0.29) is 5.75 Å². The summed E-state index contributed by atoms with van der Waals surface area (Å²) < 4.78 is 11.5. The second-order valence-corrected chi connectivity index (χ2v) is 5.61. The van der Waals surface area contributed by atoms with Gasteiger partial charge in [0, 0.05) is 29.4 Å². The molecule has 1 N–H and O–H groups in total. The maximum absolute atomic E-state index is 11.5. The molecule has 3 nitrogen and oxygen atoms in total. The second kappa shape index (κ2) is 5.42. The van der Waals surface area contributed by atoms with Crippen LogP contribution in [-0.4, -0.2) is 26.3 Å². The van der Waals surface area contributed by atoms with Gasteiger partial charge in [0.25, 0.3) is 0 Å². The highest BCUT2D eigenvalue weighted by atomic mass is 32.2. The zero-order valence-corrected chi connectivity index (χ0v) is 10.9. The van der Waals surface area contributed by atoms with Gasteiger partial charge in [0.2, 0.25) is 0 Å². The number of aromatic nitrogens is 1. The average molecular weight is 261 g/mol. The van der Waals surface area contributed by atoms with E-state index >= 15 is 0 Å². The standard InChI is InChI=1S/C14H15NO2S/c1-18(17)11-14(16,12-5-3-2-4-6-12)13-7-9-15-10-8-13/h2-10,16H,11H2,1H3. The summed E-state index contributed by atoms with van der Waals surface area (Å²) in [6.07, 6.45) is 4.85. The SMILES string of the molecule is CS(=O)CC(O)(c1ccccc1)c1ccncc1. The molecule has 0 aliphatic heterocycles. The first-order valence-corrected chi connectivity index (χ1v) is 7.34. The van der Waals surface area contributed by atoms with Crippen LogP contribution in [0.2, 0.25) is 0 Å². The maximum Gasteiger partial charge on any atom is 0.126 e. The van der Waals surface area contributed by atoms with Crippen molar-refractivity contribution in [1.29, 1.82) is 0 Å². The summed E-state index contributed by atoms with van der Waals surface area (Å²) in [5.41, 5.74) is 0.217. The van der Waals surface area contributed by atoms with Gasteiger partial charge in [-0.1, -0.05) is 30.3 Å². The predicted molar refractivity (Wildman–Crippen MR) is 72.6 cm³/mol. The van der Waals surface area contributed by atoms with E-state index in [1.807, 2.05) is 30.3 Å². The molecule has 94 valence electrons. The van der Waals surface area contributed by atoms with Crippen LogP contribution in [-0.2, 0) is 16.4 Å². The Morgan fingerprint density at radius 3 is 2.22 bits per heavy atom. The van der Waals surface area contributed by atoms with E-state index < -0.39 is 16.4 Å². The predicted octanol–water partition coefficient (Wildman–Crippen LogP) is 1.70. The quantitative estimate of drug-likeness (QED) is 0.911. The number of hydrogen-bond acceptors (Lipinski definition) is 3. The fraction of sp³-hybridized carbons (Fsp3) is 0.214. The van der Waals surface area contributed by atoms with E-state index in [1.54, 1.807) is 30.8 Å². The summed E-state index contributed by atoms with van der Waals surface area (Å²) in [6, 6.07) is 12.8. The number of rotatable bonds is 4. The second-order valence-electron chi connectivity index (χ2n) is 4.18. The van der Waals surface area contributed by atoms with Gasteiger partial charge in [-0.15, -0.1) is 0 Å². The molecule has 18 heavy (non-hydrogen) atoms. The lowest BCUT2D eigenvalue weighted by atomic mass is 9.89. The number of benzene rings is 1. The molecule has 2 aromatic rings. The first kappa shape index (κ1) is 12.9. The minimum Gasteiger partial charge on any atom is -0.379 e. The highest BCUT2D eigenvalue weighted by Gasteiger charge is 2.32. The van der Waals surface area contributed by atoms with Gasteiger partial charge < -0.3 is 5.11 Å². The van der Waals surface area contributed by atoms with Gasteiger partial charge in [0.1, 0.15) is 5.60 Å². The van der Waals surface area contributed by atoms with Crippen molar-refractivity contribution in [2.75, 3.05) is 12.0 Å². The van der Waals surface area contributed by atoms with Crippen LogP contribution >= 0.6 is 0 Å².